The number of halogens is 3. The van der Waals surface area contributed by atoms with E-state index >= 15 is 0 Å². The number of hydrogen-bond donors (Lipinski definition) is 2. The lowest BCUT2D eigenvalue weighted by atomic mass is 10.0. The maximum atomic E-state index is 5.88. The molecule has 3 N–H and O–H groups in total. The van der Waals surface area contributed by atoms with Crippen LogP contribution in [0.25, 0.3) is 0 Å². The zero-order chi connectivity index (χ0) is 13.8. The Morgan fingerprint density at radius 1 is 1.26 bits per heavy atom. The van der Waals surface area contributed by atoms with Crippen LogP contribution < -0.4 is 11.3 Å². The smallest absolute Gasteiger partial charge is 0.0732 e. The fraction of sp³-hybridized carbons (Fsp3) is 0.154. The number of rotatable bonds is 4. The Morgan fingerprint density at radius 2 is 1.95 bits per heavy atom. The van der Waals surface area contributed by atoms with Crippen molar-refractivity contribution >= 4 is 43.5 Å². The van der Waals surface area contributed by atoms with Gasteiger partial charge in [0.25, 0.3) is 0 Å². The van der Waals surface area contributed by atoms with Crippen LogP contribution in [0.2, 0.25) is 5.02 Å². The largest absolute Gasteiger partial charge is 0.271 e. The van der Waals surface area contributed by atoms with Crippen LogP contribution in [0, 0.1) is 0 Å². The first-order valence-corrected chi connectivity index (χ1v) is 7.58. The van der Waals surface area contributed by atoms with Gasteiger partial charge >= 0.3 is 0 Å². The van der Waals surface area contributed by atoms with E-state index in [-0.39, 0.29) is 6.04 Å². The Kier molecular flexibility index (Phi) is 5.36. The highest BCUT2D eigenvalue weighted by atomic mass is 79.9. The quantitative estimate of drug-likeness (QED) is 0.597. The summed E-state index contributed by atoms with van der Waals surface area (Å²) in [4.78, 5) is 4.40. The van der Waals surface area contributed by atoms with Gasteiger partial charge in [-0.2, -0.15) is 0 Å². The van der Waals surface area contributed by atoms with E-state index in [2.05, 4.69) is 42.3 Å². The molecule has 2 rings (SSSR count). The van der Waals surface area contributed by atoms with E-state index in [0.717, 1.165) is 31.6 Å². The van der Waals surface area contributed by atoms with Crippen LogP contribution in [0.3, 0.4) is 0 Å². The van der Waals surface area contributed by atoms with Crippen LogP contribution in [0.1, 0.15) is 17.3 Å². The van der Waals surface area contributed by atoms with Crippen molar-refractivity contribution in [2.75, 3.05) is 0 Å². The third-order valence-electron chi connectivity index (χ3n) is 2.72. The molecule has 0 amide bonds. The number of nitrogens with two attached hydrogens (primary N) is 1. The topological polar surface area (TPSA) is 50.9 Å². The maximum absolute atomic E-state index is 5.88. The molecule has 0 aliphatic rings. The molecule has 0 saturated heterocycles. The molecule has 1 aromatic heterocycles. The van der Waals surface area contributed by atoms with Gasteiger partial charge in [0.1, 0.15) is 0 Å². The van der Waals surface area contributed by atoms with Gasteiger partial charge in [0.2, 0.25) is 0 Å². The second-order valence-corrected chi connectivity index (χ2v) is 6.28. The Hall–Kier alpha value is -0.460. The first-order chi connectivity index (χ1) is 9.10. The van der Waals surface area contributed by atoms with E-state index in [1.165, 1.54) is 0 Å². The van der Waals surface area contributed by atoms with Crippen LogP contribution >= 0.6 is 43.5 Å². The van der Waals surface area contributed by atoms with E-state index in [9.17, 15) is 0 Å². The standard InChI is InChI=1S/C13H12Br2ClN3/c14-9-6-11(15)13(18-7-9)12(19-17)5-8-1-3-10(16)4-2-8/h1-4,6-7,12,19H,5,17H2. The summed E-state index contributed by atoms with van der Waals surface area (Å²) in [5, 5.41) is 0.726. The van der Waals surface area contributed by atoms with Crippen LogP contribution in [0.15, 0.2) is 45.5 Å². The third-order valence-corrected chi connectivity index (χ3v) is 4.04. The molecule has 0 bridgehead atoms. The van der Waals surface area contributed by atoms with E-state index in [4.69, 9.17) is 17.4 Å². The summed E-state index contributed by atoms with van der Waals surface area (Å²) < 4.78 is 1.84. The lowest BCUT2D eigenvalue weighted by molar-refractivity contribution is 0.536. The van der Waals surface area contributed by atoms with Crippen molar-refractivity contribution in [3.05, 3.63) is 61.8 Å². The summed E-state index contributed by atoms with van der Waals surface area (Å²) in [5.74, 6) is 5.64. The average Bonchev–Trinajstić information content (AvgIpc) is 2.39. The van der Waals surface area contributed by atoms with E-state index in [0.29, 0.717) is 0 Å². The van der Waals surface area contributed by atoms with Gasteiger partial charge in [-0.05, 0) is 62.0 Å². The Bertz CT molecular complexity index is 560. The fourth-order valence-electron chi connectivity index (χ4n) is 1.77. The predicted octanol–water partition coefficient (Wildman–Crippen LogP) is 4.01. The first kappa shape index (κ1) is 14.9. The van der Waals surface area contributed by atoms with E-state index < -0.39 is 0 Å². The monoisotopic (exact) mass is 403 g/mol. The van der Waals surface area contributed by atoms with Gasteiger partial charge < -0.3 is 0 Å². The van der Waals surface area contributed by atoms with Gasteiger partial charge in [-0.25, -0.2) is 0 Å². The number of pyridine rings is 1. The van der Waals surface area contributed by atoms with Crippen molar-refractivity contribution in [2.24, 2.45) is 5.84 Å². The minimum Gasteiger partial charge on any atom is -0.271 e. The van der Waals surface area contributed by atoms with Crippen LogP contribution in [-0.4, -0.2) is 4.98 Å². The molecule has 6 heteroatoms. The molecule has 1 unspecified atom stereocenters. The predicted molar refractivity (Wildman–Crippen MR) is 84.9 cm³/mol. The van der Waals surface area contributed by atoms with Crippen LogP contribution in [-0.2, 0) is 6.42 Å². The lowest BCUT2D eigenvalue weighted by Crippen LogP contribution is -2.30. The van der Waals surface area contributed by atoms with Crippen molar-refractivity contribution in [3.63, 3.8) is 0 Å². The van der Waals surface area contributed by atoms with Crippen molar-refractivity contribution in [2.45, 2.75) is 12.5 Å². The van der Waals surface area contributed by atoms with E-state index in [1.807, 2.05) is 30.3 Å². The van der Waals surface area contributed by atoms with Crippen molar-refractivity contribution < 1.29 is 0 Å². The second kappa shape index (κ2) is 6.81. The molecule has 0 fully saturated rings. The third kappa shape index (κ3) is 4.00. The number of hydrogen-bond acceptors (Lipinski definition) is 3. The second-order valence-electron chi connectivity index (χ2n) is 4.07. The van der Waals surface area contributed by atoms with Gasteiger partial charge in [-0.3, -0.25) is 16.3 Å². The van der Waals surface area contributed by atoms with Gasteiger partial charge in [0.05, 0.1) is 11.7 Å². The molecule has 0 aliphatic carbocycles. The summed E-state index contributed by atoms with van der Waals surface area (Å²) in [7, 11) is 0. The normalized spacial score (nSPS) is 12.4. The molecule has 1 heterocycles. The van der Waals surface area contributed by atoms with Crippen LogP contribution in [0.4, 0.5) is 0 Å². The molecule has 1 atom stereocenters. The number of hydrazine groups is 1. The highest BCUT2D eigenvalue weighted by Crippen LogP contribution is 2.26. The highest BCUT2D eigenvalue weighted by Gasteiger charge is 2.15. The minimum absolute atomic E-state index is 0.0661. The number of benzene rings is 1. The average molecular weight is 406 g/mol. The van der Waals surface area contributed by atoms with Gasteiger partial charge in [0.15, 0.2) is 0 Å². The highest BCUT2D eigenvalue weighted by molar-refractivity contribution is 9.11. The Balaban J connectivity index is 2.22. The molecule has 19 heavy (non-hydrogen) atoms. The van der Waals surface area contributed by atoms with Gasteiger partial charge in [-0.15, -0.1) is 0 Å². The fourth-order valence-corrected chi connectivity index (χ4v) is 3.16. The Labute approximate surface area is 133 Å². The van der Waals surface area contributed by atoms with Gasteiger partial charge in [-0.1, -0.05) is 23.7 Å². The van der Waals surface area contributed by atoms with Crippen molar-refractivity contribution in [3.8, 4) is 0 Å². The summed E-state index contributed by atoms with van der Waals surface area (Å²) in [6.07, 6.45) is 2.49. The molecule has 100 valence electrons. The SMILES string of the molecule is NNC(Cc1ccc(Cl)cc1)c1ncc(Br)cc1Br. The summed E-state index contributed by atoms with van der Waals surface area (Å²) in [5.41, 5.74) is 4.82. The molecule has 0 spiro atoms. The number of nitrogens with one attached hydrogen (secondary N) is 1. The maximum Gasteiger partial charge on any atom is 0.0732 e. The minimum atomic E-state index is -0.0661. The zero-order valence-corrected chi connectivity index (χ0v) is 13.8. The molecule has 0 saturated carbocycles. The number of aromatic nitrogens is 1. The molecule has 0 aliphatic heterocycles. The van der Waals surface area contributed by atoms with Crippen molar-refractivity contribution in [1.82, 2.24) is 10.4 Å². The molecule has 0 radical (unpaired) electrons. The first-order valence-electron chi connectivity index (χ1n) is 5.61. The van der Waals surface area contributed by atoms with Gasteiger partial charge in [0, 0.05) is 20.2 Å². The molecule has 3 nitrogen and oxygen atoms in total. The van der Waals surface area contributed by atoms with E-state index in [1.54, 1.807) is 6.20 Å². The summed E-state index contributed by atoms with van der Waals surface area (Å²) in [6, 6.07) is 9.60. The molecular formula is C13H12Br2ClN3. The number of nitrogens with zero attached hydrogens (tertiary/aromatic N) is 1. The zero-order valence-electron chi connectivity index (χ0n) is 9.91. The summed E-state index contributed by atoms with van der Waals surface area (Å²) >= 11 is 12.8. The molecule has 2 aromatic rings. The van der Waals surface area contributed by atoms with Crippen molar-refractivity contribution in [1.29, 1.82) is 0 Å². The molecular weight excluding hydrogens is 393 g/mol. The lowest BCUT2D eigenvalue weighted by Gasteiger charge is -2.17. The Morgan fingerprint density at radius 3 is 2.53 bits per heavy atom. The summed E-state index contributed by atoms with van der Waals surface area (Å²) in [6.45, 7) is 0. The molecule has 1 aromatic carbocycles. The van der Waals surface area contributed by atoms with Crippen LogP contribution in [0.5, 0.6) is 0 Å².